The van der Waals surface area contributed by atoms with E-state index >= 15 is 4.79 Å². The van der Waals surface area contributed by atoms with Crippen LogP contribution < -0.4 is 5.43 Å². The fourth-order valence-electron chi connectivity index (χ4n) is 8.38. The molecular weight excluding hydrogens is 664 g/mol. The molecule has 11 heteroatoms. The van der Waals surface area contributed by atoms with E-state index in [1.807, 2.05) is 70.9 Å². The Balaban J connectivity index is 1.63. The summed E-state index contributed by atoms with van der Waals surface area (Å²) in [5.74, 6) is -1.35. The number of allylic oxidation sites excluding steroid dienone is 2. The van der Waals surface area contributed by atoms with Gasteiger partial charge in [0.2, 0.25) is 5.78 Å². The molecule has 1 aromatic heterocycles. The summed E-state index contributed by atoms with van der Waals surface area (Å²) in [7, 11) is 7.47. The summed E-state index contributed by atoms with van der Waals surface area (Å²) in [5.41, 5.74) is -0.0633. The van der Waals surface area contributed by atoms with Crippen LogP contribution in [0.5, 0.6) is 5.75 Å². The van der Waals surface area contributed by atoms with Crippen LogP contribution in [0, 0.1) is 6.92 Å². The minimum absolute atomic E-state index is 0.0165. The van der Waals surface area contributed by atoms with Crippen LogP contribution in [-0.4, -0.2) is 101 Å². The Morgan fingerprint density at radius 2 is 1.62 bits per heavy atom. The molecule has 1 aliphatic carbocycles. The zero-order valence-electron chi connectivity index (χ0n) is 31.8. The Morgan fingerprint density at radius 1 is 0.942 bits per heavy atom. The third-order valence-corrected chi connectivity index (χ3v) is 11.9. The maximum Gasteiger partial charge on any atom is 0.202 e. The second-order valence-electron chi connectivity index (χ2n) is 15.7. The number of aryl methyl sites for hydroxylation is 1. The zero-order chi connectivity index (χ0) is 38.1. The zero-order valence-corrected chi connectivity index (χ0v) is 31.8. The van der Waals surface area contributed by atoms with Crippen molar-refractivity contribution in [3.63, 3.8) is 0 Å². The molecule has 11 nitrogen and oxygen atoms in total. The first kappa shape index (κ1) is 38.0. The van der Waals surface area contributed by atoms with Crippen molar-refractivity contribution in [3.8, 4) is 5.75 Å². The SMILES string of the molecule is CC=CCC(C)c1cc(=O)c2c(C)cc3c(c2o1)C(=O)c1c(O)c(C2CC(C)(N(C)C)C(O)C(C)O2)cc(C2CC(N(C)C)C(O)C(C)O2)c1C3=O. The molecule has 9 atom stereocenters. The van der Waals surface area contributed by atoms with Crippen molar-refractivity contribution in [2.45, 2.75) is 115 Å². The van der Waals surface area contributed by atoms with Crippen LogP contribution in [0.3, 0.4) is 0 Å². The number of likely N-dealkylation sites (N-methyl/N-ethyl adjacent to an activating group) is 2. The lowest BCUT2D eigenvalue weighted by Crippen LogP contribution is -2.59. The molecule has 3 aromatic rings. The molecule has 3 N–H and O–H groups in total. The maximum absolute atomic E-state index is 15.0. The van der Waals surface area contributed by atoms with Crippen molar-refractivity contribution >= 4 is 22.5 Å². The molecule has 2 aromatic carbocycles. The van der Waals surface area contributed by atoms with Gasteiger partial charge in [-0.2, -0.15) is 0 Å². The highest BCUT2D eigenvalue weighted by atomic mass is 16.5. The van der Waals surface area contributed by atoms with E-state index in [2.05, 4.69) is 0 Å². The van der Waals surface area contributed by atoms with Crippen molar-refractivity contribution < 1.29 is 38.8 Å². The molecule has 0 saturated carbocycles. The number of carbonyl (C=O) groups excluding carboxylic acids is 2. The van der Waals surface area contributed by atoms with Gasteiger partial charge in [0.05, 0.1) is 53.1 Å². The molecule has 2 aliphatic heterocycles. The molecule has 3 aliphatic rings. The van der Waals surface area contributed by atoms with Crippen molar-refractivity contribution in [2.24, 2.45) is 0 Å². The van der Waals surface area contributed by atoms with Gasteiger partial charge in [0.1, 0.15) is 17.1 Å². The molecular formula is C41H52N2O9. The topological polar surface area (TPSA) is 150 Å². The highest BCUT2D eigenvalue weighted by Crippen LogP contribution is 2.49. The second-order valence-corrected chi connectivity index (χ2v) is 15.7. The van der Waals surface area contributed by atoms with Crippen LogP contribution in [-0.2, 0) is 9.47 Å². The fourth-order valence-corrected chi connectivity index (χ4v) is 8.38. The number of fused-ring (bicyclic) bond motifs is 4. The Bertz CT molecular complexity index is 2020. The summed E-state index contributed by atoms with van der Waals surface area (Å²) in [4.78, 5) is 47.3. The molecule has 2 fully saturated rings. The highest BCUT2D eigenvalue weighted by Gasteiger charge is 2.49. The average Bonchev–Trinajstić information content (AvgIpc) is 3.08. The van der Waals surface area contributed by atoms with Crippen LogP contribution in [0.25, 0.3) is 11.0 Å². The van der Waals surface area contributed by atoms with E-state index in [0.717, 1.165) is 0 Å². The van der Waals surface area contributed by atoms with Gasteiger partial charge in [0.25, 0.3) is 0 Å². The molecule has 0 radical (unpaired) electrons. The van der Waals surface area contributed by atoms with Crippen molar-refractivity contribution in [2.75, 3.05) is 28.2 Å². The lowest BCUT2D eigenvalue weighted by atomic mass is 9.74. The predicted molar refractivity (Wildman–Crippen MR) is 197 cm³/mol. The number of hydrogen-bond donors (Lipinski definition) is 3. The summed E-state index contributed by atoms with van der Waals surface area (Å²) in [5, 5.41) is 34.7. The van der Waals surface area contributed by atoms with Gasteiger partial charge in [0.15, 0.2) is 11.2 Å². The predicted octanol–water partition coefficient (Wildman–Crippen LogP) is 5.32. The summed E-state index contributed by atoms with van der Waals surface area (Å²) < 4.78 is 19.2. The second kappa shape index (κ2) is 13.9. The molecule has 0 spiro atoms. The fraction of sp³-hybridized carbons (Fsp3) is 0.537. The Kier molecular flexibility index (Phi) is 10.2. The molecule has 0 bridgehead atoms. The van der Waals surface area contributed by atoms with E-state index in [1.165, 1.54) is 6.07 Å². The third-order valence-electron chi connectivity index (χ3n) is 11.9. The highest BCUT2D eigenvalue weighted by molar-refractivity contribution is 6.33. The Morgan fingerprint density at radius 3 is 2.25 bits per heavy atom. The van der Waals surface area contributed by atoms with Gasteiger partial charge in [-0.25, -0.2) is 0 Å². The number of aliphatic hydroxyl groups is 2. The number of nitrogens with zero attached hydrogens (tertiary/aromatic N) is 2. The smallest absolute Gasteiger partial charge is 0.202 e. The van der Waals surface area contributed by atoms with Gasteiger partial charge in [-0.05, 0) is 105 Å². The van der Waals surface area contributed by atoms with Gasteiger partial charge >= 0.3 is 0 Å². The van der Waals surface area contributed by atoms with Crippen LogP contribution in [0.2, 0.25) is 0 Å². The quantitative estimate of drug-likeness (QED) is 0.213. The summed E-state index contributed by atoms with van der Waals surface area (Å²) in [6.07, 6.45) is 0.650. The van der Waals surface area contributed by atoms with E-state index in [-0.39, 0.29) is 62.6 Å². The van der Waals surface area contributed by atoms with Gasteiger partial charge in [0, 0.05) is 40.3 Å². The number of phenols is 1. The molecule has 52 heavy (non-hydrogen) atoms. The molecule has 0 amide bonds. The number of rotatable bonds is 7. The lowest BCUT2D eigenvalue weighted by Gasteiger charge is -2.49. The Hall–Kier alpha value is -3.71. The van der Waals surface area contributed by atoms with Gasteiger partial charge in [-0.15, -0.1) is 0 Å². The number of hydrogen-bond acceptors (Lipinski definition) is 11. The molecule has 3 heterocycles. The Labute approximate surface area is 304 Å². The van der Waals surface area contributed by atoms with Crippen LogP contribution in [0.15, 0.2) is 39.6 Å². The van der Waals surface area contributed by atoms with E-state index in [1.54, 1.807) is 32.9 Å². The summed E-state index contributed by atoms with van der Waals surface area (Å²) in [6, 6.07) is 4.38. The van der Waals surface area contributed by atoms with Crippen molar-refractivity contribution in [1.82, 2.24) is 9.80 Å². The van der Waals surface area contributed by atoms with Crippen LogP contribution >= 0.6 is 0 Å². The number of benzene rings is 2. The maximum atomic E-state index is 15.0. The van der Waals surface area contributed by atoms with Crippen LogP contribution in [0.4, 0.5) is 0 Å². The summed E-state index contributed by atoms with van der Waals surface area (Å²) in [6.45, 7) is 11.0. The average molecular weight is 717 g/mol. The van der Waals surface area contributed by atoms with Gasteiger partial charge in [-0.3, -0.25) is 14.4 Å². The normalized spacial score (nSPS) is 30.0. The molecule has 9 unspecified atom stereocenters. The minimum Gasteiger partial charge on any atom is -0.507 e. The largest absolute Gasteiger partial charge is 0.507 e. The van der Waals surface area contributed by atoms with E-state index in [0.29, 0.717) is 29.7 Å². The minimum atomic E-state index is -0.847. The van der Waals surface area contributed by atoms with Crippen molar-refractivity contribution in [3.05, 3.63) is 85.3 Å². The van der Waals surface area contributed by atoms with Crippen LogP contribution in [0.1, 0.15) is 126 Å². The number of aliphatic hydroxyl groups excluding tert-OH is 2. The summed E-state index contributed by atoms with van der Waals surface area (Å²) >= 11 is 0. The van der Waals surface area contributed by atoms with E-state index in [9.17, 15) is 24.9 Å². The first-order valence-electron chi connectivity index (χ1n) is 18.1. The molecule has 2 saturated heterocycles. The number of carbonyl (C=O) groups is 2. The van der Waals surface area contributed by atoms with Gasteiger partial charge in [-0.1, -0.05) is 19.1 Å². The molecule has 6 rings (SSSR count). The van der Waals surface area contributed by atoms with Gasteiger partial charge < -0.3 is 39.0 Å². The first-order valence-corrected chi connectivity index (χ1v) is 18.1. The van der Waals surface area contributed by atoms with E-state index < -0.39 is 59.5 Å². The number of ether oxygens (including phenoxy) is 2. The monoisotopic (exact) mass is 716 g/mol. The number of aromatic hydroxyl groups is 1. The lowest BCUT2D eigenvalue weighted by molar-refractivity contribution is -0.176. The standard InChI is InChI=1S/C41H52N2O9/c1-11-12-13-19(2)28-17-27(44)31-20(3)14-25-33(39(31)52-28)38(48)34-32(37(25)47)23(29-16-26(42(7)8)35(45)21(4)50-29)15-24(36(34)46)30-18-41(6,43(9)10)40(49)22(5)51-30/h11-12,14-15,17,19,21-22,26,29-30,35,40,45-46,49H,13,16,18H2,1-10H3. The number of ketones is 2. The van der Waals surface area contributed by atoms with Crippen molar-refractivity contribution in [1.29, 1.82) is 0 Å². The van der Waals surface area contributed by atoms with E-state index in [4.69, 9.17) is 13.9 Å². The first-order chi connectivity index (χ1) is 24.4. The number of phenolic OH excluding ortho intramolecular Hbond substituents is 1. The molecule has 280 valence electrons. The third kappa shape index (κ3) is 6.05.